The average molecular weight is 365 g/mol. The van der Waals surface area contributed by atoms with Crippen LogP contribution in [0.5, 0.6) is 0 Å². The Kier molecular flexibility index (Phi) is 5.46. The second-order valence-electron chi connectivity index (χ2n) is 5.63. The lowest BCUT2D eigenvalue weighted by atomic mass is 10.1. The number of carbonyl (C=O) groups excluding carboxylic acids is 2. The van der Waals surface area contributed by atoms with Crippen LogP contribution in [0.4, 0.5) is 22.1 Å². The molecule has 3 aromatic rings. The van der Waals surface area contributed by atoms with E-state index in [0.29, 0.717) is 23.7 Å². The van der Waals surface area contributed by atoms with Gasteiger partial charge in [-0.2, -0.15) is 0 Å². The highest BCUT2D eigenvalue weighted by Gasteiger charge is 2.08. The highest BCUT2D eigenvalue weighted by Crippen LogP contribution is 2.26. The molecule has 0 aliphatic heterocycles. The monoisotopic (exact) mass is 365 g/mol. The van der Waals surface area contributed by atoms with Crippen LogP contribution in [0, 0.1) is 0 Å². The Morgan fingerprint density at radius 1 is 1.07 bits per heavy atom. The van der Waals surface area contributed by atoms with Gasteiger partial charge in [-0.3, -0.25) is 5.32 Å². The van der Waals surface area contributed by atoms with E-state index in [0.717, 1.165) is 16.5 Å². The summed E-state index contributed by atoms with van der Waals surface area (Å²) >= 11 is 0. The van der Waals surface area contributed by atoms with Crippen molar-refractivity contribution >= 4 is 40.1 Å². The van der Waals surface area contributed by atoms with E-state index in [4.69, 9.17) is 0 Å². The quantitative estimate of drug-likeness (QED) is 0.599. The first-order valence-electron chi connectivity index (χ1n) is 8.35. The molecule has 0 saturated heterocycles. The first kappa shape index (κ1) is 18.1. The summed E-state index contributed by atoms with van der Waals surface area (Å²) in [7, 11) is 1.33. The second kappa shape index (κ2) is 8.13. The molecule has 8 nitrogen and oxygen atoms in total. The predicted molar refractivity (Wildman–Crippen MR) is 103 cm³/mol. The number of urea groups is 1. The van der Waals surface area contributed by atoms with Gasteiger partial charge in [0, 0.05) is 30.0 Å². The van der Waals surface area contributed by atoms with E-state index in [9.17, 15) is 9.59 Å². The molecule has 0 aliphatic rings. The first-order chi connectivity index (χ1) is 13.1. The first-order valence-corrected chi connectivity index (χ1v) is 8.35. The van der Waals surface area contributed by atoms with E-state index in [1.54, 1.807) is 24.4 Å². The van der Waals surface area contributed by atoms with E-state index in [1.165, 1.54) is 13.3 Å². The van der Waals surface area contributed by atoms with Crippen LogP contribution in [-0.4, -0.2) is 35.6 Å². The molecule has 0 atom stereocenters. The van der Waals surface area contributed by atoms with Crippen LogP contribution in [0.1, 0.15) is 17.3 Å². The molecule has 0 unspecified atom stereocenters. The number of ether oxygens (including phenoxy) is 1. The van der Waals surface area contributed by atoms with Crippen molar-refractivity contribution in [2.45, 2.75) is 6.92 Å². The summed E-state index contributed by atoms with van der Waals surface area (Å²) in [5.41, 5.74) is 1.19. The number of aromatic nitrogens is 2. The van der Waals surface area contributed by atoms with Gasteiger partial charge in [0.25, 0.3) is 0 Å². The number of anilines is 3. The lowest BCUT2D eigenvalue weighted by Crippen LogP contribution is -2.28. The second-order valence-corrected chi connectivity index (χ2v) is 5.63. The Hall–Kier alpha value is -3.68. The van der Waals surface area contributed by atoms with Crippen LogP contribution in [0.25, 0.3) is 10.8 Å². The van der Waals surface area contributed by atoms with Gasteiger partial charge in [-0.1, -0.05) is 12.1 Å². The highest BCUT2D eigenvalue weighted by molar-refractivity contribution is 5.97. The Morgan fingerprint density at radius 2 is 1.89 bits per heavy atom. The molecule has 2 aromatic heterocycles. The number of hydrogen-bond donors (Lipinski definition) is 3. The zero-order chi connectivity index (χ0) is 19.2. The summed E-state index contributed by atoms with van der Waals surface area (Å²) in [5.74, 6) is 0.612. The fourth-order valence-corrected chi connectivity index (χ4v) is 2.51. The summed E-state index contributed by atoms with van der Waals surface area (Å²) in [5, 5.41) is 10.3. The lowest BCUT2D eigenvalue weighted by Gasteiger charge is -2.11. The van der Waals surface area contributed by atoms with Gasteiger partial charge >= 0.3 is 12.0 Å². The van der Waals surface area contributed by atoms with Crippen molar-refractivity contribution in [3.05, 3.63) is 54.4 Å². The maximum absolute atomic E-state index is 11.6. The average Bonchev–Trinajstić information content (AvgIpc) is 2.68. The number of esters is 1. The highest BCUT2D eigenvalue weighted by atomic mass is 16.5. The zero-order valence-electron chi connectivity index (χ0n) is 14.9. The fourth-order valence-electron chi connectivity index (χ4n) is 2.51. The predicted octanol–water partition coefficient (Wildman–Crippen LogP) is 3.30. The van der Waals surface area contributed by atoms with Crippen LogP contribution in [-0.2, 0) is 4.74 Å². The van der Waals surface area contributed by atoms with Crippen LogP contribution in [0.2, 0.25) is 0 Å². The van der Waals surface area contributed by atoms with Gasteiger partial charge in [0.05, 0.1) is 12.7 Å². The Labute approximate surface area is 156 Å². The summed E-state index contributed by atoms with van der Waals surface area (Å²) < 4.78 is 4.66. The normalized spacial score (nSPS) is 10.3. The minimum absolute atomic E-state index is 0.298. The smallest absolute Gasteiger partial charge is 0.339 e. The third-order valence-corrected chi connectivity index (χ3v) is 3.79. The molecule has 3 N–H and O–H groups in total. The summed E-state index contributed by atoms with van der Waals surface area (Å²) in [6, 6.07) is 10.6. The van der Waals surface area contributed by atoms with Crippen LogP contribution in [0.3, 0.4) is 0 Å². The minimum Gasteiger partial charge on any atom is -0.465 e. The van der Waals surface area contributed by atoms with Gasteiger partial charge in [0.1, 0.15) is 11.6 Å². The zero-order valence-corrected chi connectivity index (χ0v) is 14.9. The topological polar surface area (TPSA) is 105 Å². The van der Waals surface area contributed by atoms with Crippen LogP contribution >= 0.6 is 0 Å². The molecule has 8 heteroatoms. The van der Waals surface area contributed by atoms with Gasteiger partial charge in [0.2, 0.25) is 0 Å². The van der Waals surface area contributed by atoms with Gasteiger partial charge in [-0.15, -0.1) is 0 Å². The van der Waals surface area contributed by atoms with Crippen molar-refractivity contribution in [3.8, 4) is 0 Å². The van der Waals surface area contributed by atoms with Crippen molar-refractivity contribution in [1.82, 2.24) is 15.3 Å². The van der Waals surface area contributed by atoms with E-state index in [-0.39, 0.29) is 6.03 Å². The van der Waals surface area contributed by atoms with E-state index < -0.39 is 5.97 Å². The molecule has 0 aliphatic carbocycles. The van der Waals surface area contributed by atoms with Crippen molar-refractivity contribution in [3.63, 3.8) is 0 Å². The molecule has 0 bridgehead atoms. The molecule has 2 amide bonds. The lowest BCUT2D eigenvalue weighted by molar-refractivity contribution is 0.0600. The number of carbonyl (C=O) groups is 2. The molecular weight excluding hydrogens is 346 g/mol. The number of benzene rings is 1. The van der Waals surface area contributed by atoms with Crippen LogP contribution < -0.4 is 16.0 Å². The number of rotatable bonds is 5. The fraction of sp³-hybridized carbons (Fsp3) is 0.158. The SMILES string of the molecule is CCNC(=O)Nc1cc2cccc(Nc3ccc(C(=O)OC)cn3)c2cn1. The Morgan fingerprint density at radius 3 is 2.59 bits per heavy atom. The van der Waals surface area contributed by atoms with Gasteiger partial charge in [0.15, 0.2) is 0 Å². The summed E-state index contributed by atoms with van der Waals surface area (Å²) in [6.45, 7) is 2.38. The van der Waals surface area contributed by atoms with Crippen molar-refractivity contribution in [2.24, 2.45) is 0 Å². The van der Waals surface area contributed by atoms with Crippen molar-refractivity contribution < 1.29 is 14.3 Å². The number of methoxy groups -OCH3 is 1. The molecule has 0 radical (unpaired) electrons. The maximum atomic E-state index is 11.6. The standard InChI is InChI=1S/C19H19N5O3/c1-3-20-19(26)24-17-9-12-5-4-6-15(14(12)11-22-17)23-16-8-7-13(10-21-16)18(25)27-2/h4-11H,3H2,1-2H3,(H,21,23)(H2,20,22,24,26). The number of nitrogens with zero attached hydrogens (tertiary/aromatic N) is 2. The number of hydrogen-bond acceptors (Lipinski definition) is 6. The summed E-state index contributed by atoms with van der Waals surface area (Å²) in [4.78, 5) is 31.6. The third-order valence-electron chi connectivity index (χ3n) is 3.79. The summed E-state index contributed by atoms with van der Waals surface area (Å²) in [6.07, 6.45) is 3.13. The molecule has 27 heavy (non-hydrogen) atoms. The van der Waals surface area contributed by atoms with E-state index in [1.807, 2.05) is 25.1 Å². The molecule has 138 valence electrons. The van der Waals surface area contributed by atoms with Crippen molar-refractivity contribution in [1.29, 1.82) is 0 Å². The van der Waals surface area contributed by atoms with Crippen molar-refractivity contribution in [2.75, 3.05) is 24.3 Å². The number of pyridine rings is 2. The van der Waals surface area contributed by atoms with Crippen LogP contribution in [0.15, 0.2) is 48.8 Å². The van der Waals surface area contributed by atoms with Gasteiger partial charge < -0.3 is 15.4 Å². The molecular formula is C19H19N5O3. The molecule has 1 aromatic carbocycles. The van der Waals surface area contributed by atoms with Gasteiger partial charge in [-0.05, 0) is 36.6 Å². The molecule has 2 heterocycles. The maximum Gasteiger partial charge on any atom is 0.339 e. The molecule has 0 spiro atoms. The number of amides is 2. The molecule has 0 saturated carbocycles. The molecule has 3 rings (SSSR count). The van der Waals surface area contributed by atoms with E-state index in [2.05, 4.69) is 30.7 Å². The Balaban J connectivity index is 1.82. The largest absolute Gasteiger partial charge is 0.465 e. The van der Waals surface area contributed by atoms with E-state index >= 15 is 0 Å². The number of fused-ring (bicyclic) bond motifs is 1. The molecule has 0 fully saturated rings. The van der Waals surface area contributed by atoms with Gasteiger partial charge in [-0.25, -0.2) is 19.6 Å². The minimum atomic E-state index is -0.435. The third kappa shape index (κ3) is 4.30. The number of nitrogens with one attached hydrogen (secondary N) is 3. The Bertz CT molecular complexity index is 973.